The van der Waals surface area contributed by atoms with Crippen LogP contribution in [0.5, 0.6) is 11.7 Å². The number of hydrogen-bond acceptors (Lipinski definition) is 4. The van der Waals surface area contributed by atoms with Crippen molar-refractivity contribution in [2.24, 2.45) is 5.92 Å². The maximum Gasteiger partial charge on any atom is 0.290 e. The van der Waals surface area contributed by atoms with E-state index in [1.165, 1.54) is 0 Å². The Kier molecular flexibility index (Phi) is 4.44. The third kappa shape index (κ3) is 3.39. The molecular weight excluding hydrogens is 340 g/mol. The Morgan fingerprint density at radius 1 is 1.28 bits per heavy atom. The number of furan rings is 1. The van der Waals surface area contributed by atoms with Gasteiger partial charge in [-0.1, -0.05) is 17.7 Å². The molecule has 3 fully saturated rings. The average molecular weight is 361 g/mol. The van der Waals surface area contributed by atoms with Crippen LogP contribution in [0, 0.1) is 5.92 Å². The van der Waals surface area contributed by atoms with Gasteiger partial charge in [-0.3, -0.25) is 9.69 Å². The first-order valence-electron chi connectivity index (χ1n) is 8.68. The number of piperidine rings is 3. The van der Waals surface area contributed by atoms with Crippen LogP contribution in [-0.4, -0.2) is 36.0 Å². The first-order chi connectivity index (χ1) is 12.1. The monoisotopic (exact) mass is 360 g/mol. The lowest BCUT2D eigenvalue weighted by atomic mass is 9.79. The molecule has 0 spiro atoms. The number of amides is 1. The molecule has 3 aliphatic rings. The van der Waals surface area contributed by atoms with E-state index in [2.05, 4.69) is 17.1 Å². The zero-order valence-electron chi connectivity index (χ0n) is 14.1. The van der Waals surface area contributed by atoms with Gasteiger partial charge < -0.3 is 14.5 Å². The van der Waals surface area contributed by atoms with Gasteiger partial charge in [0, 0.05) is 23.2 Å². The molecule has 0 saturated carbocycles. The second kappa shape index (κ2) is 6.73. The van der Waals surface area contributed by atoms with Gasteiger partial charge in [0.05, 0.1) is 0 Å². The summed E-state index contributed by atoms with van der Waals surface area (Å²) in [6.45, 7) is 4.46. The molecule has 0 radical (unpaired) electrons. The van der Waals surface area contributed by atoms with Crippen LogP contribution in [0.15, 0.2) is 40.8 Å². The van der Waals surface area contributed by atoms with E-state index in [0.29, 0.717) is 22.7 Å². The summed E-state index contributed by atoms with van der Waals surface area (Å²) in [5, 5.41) is 3.73. The SMILES string of the molecule is C[C@@H]1[C@H](NC(=O)c2ccc(Oc3cccc(Cl)c3)o2)C2CCN1CC2. The molecule has 1 aromatic carbocycles. The van der Waals surface area contributed by atoms with Crippen LogP contribution in [-0.2, 0) is 0 Å². The number of nitrogens with one attached hydrogen (secondary N) is 1. The molecule has 1 N–H and O–H groups in total. The molecule has 1 amide bonds. The molecule has 5 rings (SSSR count). The predicted molar refractivity (Wildman–Crippen MR) is 95.2 cm³/mol. The standard InChI is InChI=1S/C19H21ClN2O3/c1-12-18(13-7-9-22(12)10-8-13)21-19(23)16-5-6-17(25-16)24-15-4-2-3-14(20)11-15/h2-6,11-13,18H,7-10H2,1H3,(H,21,23)/t12-,18+/m1/s1. The van der Waals surface area contributed by atoms with E-state index < -0.39 is 0 Å². The lowest BCUT2D eigenvalue weighted by molar-refractivity contribution is 0.0210. The van der Waals surface area contributed by atoms with Crippen LogP contribution in [0.4, 0.5) is 0 Å². The van der Waals surface area contributed by atoms with E-state index in [-0.39, 0.29) is 23.7 Å². The lowest BCUT2D eigenvalue weighted by Gasteiger charge is -2.49. The van der Waals surface area contributed by atoms with Crippen molar-refractivity contribution in [3.8, 4) is 11.7 Å². The summed E-state index contributed by atoms with van der Waals surface area (Å²) >= 11 is 5.94. The van der Waals surface area contributed by atoms with E-state index in [9.17, 15) is 4.79 Å². The number of rotatable bonds is 4. The fourth-order valence-electron chi connectivity index (χ4n) is 3.91. The largest absolute Gasteiger partial charge is 0.426 e. The topological polar surface area (TPSA) is 54.7 Å². The molecule has 3 aliphatic heterocycles. The molecule has 5 nitrogen and oxygen atoms in total. The molecular formula is C19H21ClN2O3. The summed E-state index contributed by atoms with van der Waals surface area (Å²) in [5.41, 5.74) is 0. The molecule has 25 heavy (non-hydrogen) atoms. The van der Waals surface area contributed by atoms with Gasteiger partial charge in [0.1, 0.15) is 5.75 Å². The number of carbonyl (C=O) groups excluding carboxylic acids is 1. The minimum atomic E-state index is -0.188. The quantitative estimate of drug-likeness (QED) is 0.897. The van der Waals surface area contributed by atoms with Gasteiger partial charge >= 0.3 is 0 Å². The van der Waals surface area contributed by atoms with Gasteiger partial charge in [-0.05, 0) is 63.0 Å². The van der Waals surface area contributed by atoms with Gasteiger partial charge in [0.2, 0.25) is 0 Å². The molecule has 0 aliphatic carbocycles. The Labute approximate surface area is 151 Å². The average Bonchev–Trinajstić information content (AvgIpc) is 3.07. The second-order valence-corrected chi connectivity index (χ2v) is 7.23. The third-order valence-electron chi connectivity index (χ3n) is 5.30. The zero-order chi connectivity index (χ0) is 17.4. The van der Waals surface area contributed by atoms with Crippen LogP contribution in [0.25, 0.3) is 0 Å². The van der Waals surface area contributed by atoms with Crippen LogP contribution in [0.1, 0.15) is 30.3 Å². The third-order valence-corrected chi connectivity index (χ3v) is 5.53. The van der Waals surface area contributed by atoms with Crippen molar-refractivity contribution in [1.82, 2.24) is 10.2 Å². The highest BCUT2D eigenvalue weighted by Gasteiger charge is 2.40. The Balaban J connectivity index is 1.42. The molecule has 2 bridgehead atoms. The number of nitrogens with zero attached hydrogens (tertiary/aromatic N) is 1. The van der Waals surface area contributed by atoms with E-state index in [0.717, 1.165) is 25.9 Å². The smallest absolute Gasteiger partial charge is 0.290 e. The number of ether oxygens (including phenoxy) is 1. The van der Waals surface area contributed by atoms with Crippen molar-refractivity contribution in [1.29, 1.82) is 0 Å². The number of halogens is 1. The molecule has 2 atom stereocenters. The van der Waals surface area contributed by atoms with E-state index in [1.54, 1.807) is 36.4 Å². The molecule has 4 heterocycles. The summed E-state index contributed by atoms with van der Waals surface area (Å²) in [6, 6.07) is 10.9. The Morgan fingerprint density at radius 2 is 2.08 bits per heavy atom. The molecule has 6 heteroatoms. The maximum atomic E-state index is 12.6. The van der Waals surface area contributed by atoms with Crippen molar-refractivity contribution in [3.05, 3.63) is 47.2 Å². The minimum absolute atomic E-state index is 0.178. The molecule has 3 saturated heterocycles. The van der Waals surface area contributed by atoms with Crippen molar-refractivity contribution in [3.63, 3.8) is 0 Å². The maximum absolute atomic E-state index is 12.6. The molecule has 2 aromatic rings. The Hall–Kier alpha value is -1.98. The first kappa shape index (κ1) is 16.5. The van der Waals surface area contributed by atoms with Crippen molar-refractivity contribution < 1.29 is 13.9 Å². The van der Waals surface area contributed by atoms with Gasteiger partial charge in [-0.2, -0.15) is 0 Å². The lowest BCUT2D eigenvalue weighted by Crippen LogP contribution is -2.62. The van der Waals surface area contributed by atoms with Crippen molar-refractivity contribution >= 4 is 17.5 Å². The van der Waals surface area contributed by atoms with E-state index in [1.807, 2.05) is 0 Å². The summed E-state index contributed by atoms with van der Waals surface area (Å²) in [6.07, 6.45) is 2.30. The Bertz CT molecular complexity index is 766. The highest BCUT2D eigenvalue weighted by molar-refractivity contribution is 6.30. The van der Waals surface area contributed by atoms with E-state index in [4.69, 9.17) is 20.8 Å². The zero-order valence-corrected chi connectivity index (χ0v) is 14.8. The summed E-state index contributed by atoms with van der Waals surface area (Å²) < 4.78 is 11.2. The summed E-state index contributed by atoms with van der Waals surface area (Å²) in [7, 11) is 0. The first-order valence-corrected chi connectivity index (χ1v) is 9.06. The highest BCUT2D eigenvalue weighted by atomic mass is 35.5. The number of fused-ring (bicyclic) bond motifs is 3. The van der Waals surface area contributed by atoms with Crippen LogP contribution in [0.2, 0.25) is 5.02 Å². The van der Waals surface area contributed by atoms with Gasteiger partial charge in [-0.15, -0.1) is 0 Å². The van der Waals surface area contributed by atoms with Gasteiger partial charge in [0.15, 0.2) is 5.76 Å². The molecule has 1 aromatic heterocycles. The molecule has 0 unspecified atom stereocenters. The number of hydrogen-bond donors (Lipinski definition) is 1. The Morgan fingerprint density at radius 3 is 2.80 bits per heavy atom. The van der Waals surface area contributed by atoms with Gasteiger partial charge in [-0.25, -0.2) is 0 Å². The number of benzene rings is 1. The second-order valence-electron chi connectivity index (χ2n) is 6.79. The van der Waals surface area contributed by atoms with Crippen LogP contribution in [0.3, 0.4) is 0 Å². The fourth-order valence-corrected chi connectivity index (χ4v) is 4.09. The van der Waals surface area contributed by atoms with Crippen LogP contribution >= 0.6 is 11.6 Å². The molecule has 132 valence electrons. The summed E-state index contributed by atoms with van der Waals surface area (Å²) in [5.74, 6) is 1.47. The van der Waals surface area contributed by atoms with Gasteiger partial charge in [0.25, 0.3) is 11.9 Å². The predicted octanol–water partition coefficient (Wildman–Crippen LogP) is 3.94. The van der Waals surface area contributed by atoms with Crippen molar-refractivity contribution in [2.75, 3.05) is 13.1 Å². The normalized spacial score (nSPS) is 27.9. The summed E-state index contributed by atoms with van der Waals surface area (Å²) in [4.78, 5) is 15.0. The minimum Gasteiger partial charge on any atom is -0.426 e. The van der Waals surface area contributed by atoms with Crippen molar-refractivity contribution in [2.45, 2.75) is 31.8 Å². The fraction of sp³-hybridized carbons (Fsp3) is 0.421. The van der Waals surface area contributed by atoms with Crippen LogP contribution < -0.4 is 10.1 Å². The van der Waals surface area contributed by atoms with E-state index >= 15 is 0 Å². The number of carbonyl (C=O) groups is 1. The highest BCUT2D eigenvalue weighted by Crippen LogP contribution is 2.32.